The maximum absolute atomic E-state index is 8.80. The van der Waals surface area contributed by atoms with Gasteiger partial charge in [0.05, 0.1) is 6.61 Å². The molecule has 0 saturated carbocycles. The third-order valence-corrected chi connectivity index (χ3v) is 2.95. The van der Waals surface area contributed by atoms with Gasteiger partial charge in [-0.3, -0.25) is 0 Å². The van der Waals surface area contributed by atoms with E-state index in [0.29, 0.717) is 17.7 Å². The van der Waals surface area contributed by atoms with Gasteiger partial charge >= 0.3 is 0 Å². The summed E-state index contributed by atoms with van der Waals surface area (Å²) in [6.07, 6.45) is 0.783. The Hall–Kier alpha value is -0.740. The SMILES string of the molecule is CCOc1cccc(SC(C)CCO)n1. The summed E-state index contributed by atoms with van der Waals surface area (Å²) >= 11 is 1.66. The maximum atomic E-state index is 8.80. The molecule has 1 atom stereocenters. The average molecular weight is 227 g/mol. The van der Waals surface area contributed by atoms with E-state index in [0.717, 1.165) is 11.4 Å². The van der Waals surface area contributed by atoms with Crippen molar-refractivity contribution in [3.8, 4) is 5.88 Å². The molecule has 1 heterocycles. The zero-order valence-electron chi connectivity index (χ0n) is 9.14. The molecule has 3 nitrogen and oxygen atoms in total. The summed E-state index contributed by atoms with van der Waals surface area (Å²) in [5, 5.41) is 10.1. The van der Waals surface area contributed by atoms with Crippen molar-refractivity contribution < 1.29 is 9.84 Å². The highest BCUT2D eigenvalue weighted by molar-refractivity contribution is 7.99. The van der Waals surface area contributed by atoms with Crippen LogP contribution in [-0.4, -0.2) is 28.6 Å². The molecule has 0 saturated heterocycles. The molecule has 1 rings (SSSR count). The van der Waals surface area contributed by atoms with Crippen molar-refractivity contribution in [1.82, 2.24) is 4.98 Å². The van der Waals surface area contributed by atoms with Gasteiger partial charge in [0.1, 0.15) is 5.03 Å². The number of pyridine rings is 1. The summed E-state index contributed by atoms with van der Waals surface area (Å²) in [4.78, 5) is 4.34. The molecule has 0 fully saturated rings. The van der Waals surface area contributed by atoms with Crippen molar-refractivity contribution >= 4 is 11.8 Å². The molecule has 1 aromatic rings. The maximum Gasteiger partial charge on any atom is 0.214 e. The van der Waals surface area contributed by atoms with Gasteiger partial charge in [0.15, 0.2) is 0 Å². The summed E-state index contributed by atoms with van der Waals surface area (Å²) in [6.45, 7) is 4.87. The van der Waals surface area contributed by atoms with E-state index in [1.165, 1.54) is 0 Å². The van der Waals surface area contributed by atoms with Crippen LogP contribution >= 0.6 is 11.8 Å². The van der Waals surface area contributed by atoms with E-state index in [1.54, 1.807) is 11.8 Å². The van der Waals surface area contributed by atoms with Gasteiger partial charge in [-0.2, -0.15) is 0 Å². The molecule has 84 valence electrons. The first kappa shape index (κ1) is 12.3. The molecule has 0 amide bonds. The van der Waals surface area contributed by atoms with Crippen molar-refractivity contribution in [2.75, 3.05) is 13.2 Å². The molecule has 1 aromatic heterocycles. The molecule has 0 bridgehead atoms. The quantitative estimate of drug-likeness (QED) is 0.757. The van der Waals surface area contributed by atoms with E-state index < -0.39 is 0 Å². The van der Waals surface area contributed by atoms with Gasteiger partial charge in [-0.25, -0.2) is 4.98 Å². The van der Waals surface area contributed by atoms with E-state index >= 15 is 0 Å². The fourth-order valence-electron chi connectivity index (χ4n) is 1.14. The van der Waals surface area contributed by atoms with E-state index in [4.69, 9.17) is 9.84 Å². The molecule has 1 N–H and O–H groups in total. The molecule has 0 aliphatic rings. The van der Waals surface area contributed by atoms with Crippen molar-refractivity contribution in [2.45, 2.75) is 30.5 Å². The molecule has 0 aliphatic carbocycles. The Morgan fingerprint density at radius 1 is 1.53 bits per heavy atom. The van der Waals surface area contributed by atoms with Crippen LogP contribution in [0.25, 0.3) is 0 Å². The van der Waals surface area contributed by atoms with E-state index in [1.807, 2.05) is 25.1 Å². The topological polar surface area (TPSA) is 42.4 Å². The van der Waals surface area contributed by atoms with Crippen LogP contribution in [0.4, 0.5) is 0 Å². The zero-order valence-corrected chi connectivity index (χ0v) is 9.96. The van der Waals surface area contributed by atoms with Crippen molar-refractivity contribution in [2.24, 2.45) is 0 Å². The van der Waals surface area contributed by atoms with Crippen molar-refractivity contribution in [3.63, 3.8) is 0 Å². The second-order valence-corrected chi connectivity index (χ2v) is 4.65. The Morgan fingerprint density at radius 2 is 2.33 bits per heavy atom. The Kier molecular flexibility index (Phi) is 5.50. The van der Waals surface area contributed by atoms with Crippen LogP contribution in [0.1, 0.15) is 20.3 Å². The summed E-state index contributed by atoms with van der Waals surface area (Å²) < 4.78 is 5.31. The number of hydrogen-bond acceptors (Lipinski definition) is 4. The number of hydrogen-bond donors (Lipinski definition) is 1. The van der Waals surface area contributed by atoms with E-state index in [-0.39, 0.29) is 6.61 Å². The van der Waals surface area contributed by atoms with Crippen molar-refractivity contribution in [1.29, 1.82) is 0 Å². The number of aromatic nitrogens is 1. The highest BCUT2D eigenvalue weighted by Gasteiger charge is 2.05. The van der Waals surface area contributed by atoms with Gasteiger partial charge < -0.3 is 9.84 Å². The largest absolute Gasteiger partial charge is 0.478 e. The van der Waals surface area contributed by atoms with Gasteiger partial charge in [0, 0.05) is 17.9 Å². The monoisotopic (exact) mass is 227 g/mol. The highest BCUT2D eigenvalue weighted by Crippen LogP contribution is 2.24. The van der Waals surface area contributed by atoms with Crippen LogP contribution < -0.4 is 4.74 Å². The molecular weight excluding hydrogens is 210 g/mol. The molecule has 0 aromatic carbocycles. The lowest BCUT2D eigenvalue weighted by atomic mass is 10.3. The lowest BCUT2D eigenvalue weighted by molar-refractivity contribution is 0.289. The first-order chi connectivity index (χ1) is 7.26. The number of aliphatic hydroxyl groups excluding tert-OH is 1. The molecule has 0 aliphatic heterocycles. The van der Waals surface area contributed by atoms with Gasteiger partial charge in [-0.05, 0) is 19.4 Å². The average Bonchev–Trinajstić information content (AvgIpc) is 2.19. The Morgan fingerprint density at radius 3 is 3.00 bits per heavy atom. The van der Waals surface area contributed by atoms with Gasteiger partial charge in [-0.1, -0.05) is 13.0 Å². The smallest absolute Gasteiger partial charge is 0.214 e. The predicted octanol–water partition coefficient (Wildman–Crippen LogP) is 2.34. The zero-order chi connectivity index (χ0) is 11.1. The molecule has 1 unspecified atom stereocenters. The summed E-state index contributed by atoms with van der Waals surface area (Å²) in [7, 11) is 0. The standard InChI is InChI=1S/C11H17NO2S/c1-3-14-10-5-4-6-11(12-10)15-9(2)7-8-13/h4-6,9,13H,3,7-8H2,1-2H3. The first-order valence-electron chi connectivity index (χ1n) is 5.13. The van der Waals surface area contributed by atoms with Crippen LogP contribution in [-0.2, 0) is 0 Å². The second kappa shape index (κ2) is 6.69. The minimum atomic E-state index is 0.222. The van der Waals surface area contributed by atoms with Gasteiger partial charge in [0.2, 0.25) is 5.88 Å². The molecular formula is C11H17NO2S. The number of aliphatic hydroxyl groups is 1. The molecule has 4 heteroatoms. The second-order valence-electron chi connectivity index (χ2n) is 3.19. The first-order valence-corrected chi connectivity index (χ1v) is 6.01. The Balaban J connectivity index is 2.56. The third-order valence-electron chi connectivity index (χ3n) is 1.85. The van der Waals surface area contributed by atoms with Crippen molar-refractivity contribution in [3.05, 3.63) is 18.2 Å². The number of nitrogens with zero attached hydrogens (tertiary/aromatic N) is 1. The lowest BCUT2D eigenvalue weighted by Gasteiger charge is -2.09. The van der Waals surface area contributed by atoms with Crippen LogP contribution in [0.3, 0.4) is 0 Å². The van der Waals surface area contributed by atoms with Crippen LogP contribution in [0.15, 0.2) is 23.2 Å². The fraction of sp³-hybridized carbons (Fsp3) is 0.545. The highest BCUT2D eigenvalue weighted by atomic mass is 32.2. The summed E-state index contributed by atoms with van der Waals surface area (Å²) in [5.74, 6) is 0.665. The third kappa shape index (κ3) is 4.53. The number of thioether (sulfide) groups is 1. The number of rotatable bonds is 6. The summed E-state index contributed by atoms with van der Waals surface area (Å²) in [5.41, 5.74) is 0. The van der Waals surface area contributed by atoms with Crippen LogP contribution in [0, 0.1) is 0 Å². The summed E-state index contributed by atoms with van der Waals surface area (Å²) in [6, 6.07) is 5.75. The van der Waals surface area contributed by atoms with E-state index in [9.17, 15) is 0 Å². The Bertz CT molecular complexity index is 294. The van der Waals surface area contributed by atoms with Gasteiger partial charge in [-0.15, -0.1) is 11.8 Å². The molecule has 0 spiro atoms. The van der Waals surface area contributed by atoms with E-state index in [2.05, 4.69) is 11.9 Å². The lowest BCUT2D eigenvalue weighted by Crippen LogP contribution is -2.00. The minimum absolute atomic E-state index is 0.222. The minimum Gasteiger partial charge on any atom is -0.478 e. The van der Waals surface area contributed by atoms with Crippen LogP contribution in [0.5, 0.6) is 5.88 Å². The fourth-order valence-corrected chi connectivity index (χ4v) is 2.07. The predicted molar refractivity (Wildman–Crippen MR) is 62.4 cm³/mol. The number of ether oxygens (including phenoxy) is 1. The molecule has 0 radical (unpaired) electrons. The molecule has 15 heavy (non-hydrogen) atoms. The van der Waals surface area contributed by atoms with Gasteiger partial charge in [0.25, 0.3) is 0 Å². The van der Waals surface area contributed by atoms with Crippen LogP contribution in [0.2, 0.25) is 0 Å². The normalized spacial score (nSPS) is 12.5. The Labute approximate surface area is 94.9 Å².